The fourth-order valence-electron chi connectivity index (χ4n) is 4.31. The van der Waals surface area contributed by atoms with Crippen molar-refractivity contribution in [2.45, 2.75) is 33.7 Å². The van der Waals surface area contributed by atoms with Crippen molar-refractivity contribution in [1.29, 1.82) is 0 Å². The number of aromatic nitrogens is 1. The Morgan fingerprint density at radius 3 is 2.54 bits per heavy atom. The lowest BCUT2D eigenvalue weighted by molar-refractivity contribution is 0.0628. The second-order valence-electron chi connectivity index (χ2n) is 7.58. The zero-order valence-electron chi connectivity index (χ0n) is 15.5. The van der Waals surface area contributed by atoms with Crippen molar-refractivity contribution >= 4 is 38.2 Å². The van der Waals surface area contributed by atoms with Gasteiger partial charge in [0.1, 0.15) is 0 Å². The molecule has 1 aliphatic heterocycles. The molecule has 5 heteroatoms. The molecule has 2 aromatic heterocycles. The van der Waals surface area contributed by atoms with Gasteiger partial charge in [0.05, 0.1) is 15.8 Å². The van der Waals surface area contributed by atoms with Crippen molar-refractivity contribution in [3.63, 3.8) is 0 Å². The van der Waals surface area contributed by atoms with Gasteiger partial charge in [-0.15, -0.1) is 11.3 Å². The number of likely N-dealkylation sites (tertiary alicyclic amines) is 1. The van der Waals surface area contributed by atoms with Crippen molar-refractivity contribution < 1.29 is 4.79 Å². The molecule has 3 heterocycles. The van der Waals surface area contributed by atoms with Crippen LogP contribution in [-0.4, -0.2) is 28.5 Å². The molecule has 0 radical (unpaired) electrons. The number of carbonyl (C=O) groups is 1. The van der Waals surface area contributed by atoms with Gasteiger partial charge in [-0.25, -0.2) is 0 Å². The van der Waals surface area contributed by atoms with Crippen LogP contribution >= 0.6 is 11.3 Å². The minimum absolute atomic E-state index is 0.00289. The Balaban J connectivity index is 1.85. The first kappa shape index (κ1) is 17.3. The third kappa shape index (κ3) is 2.75. The zero-order valence-corrected chi connectivity index (χ0v) is 16.3. The minimum Gasteiger partial charge on any atom is -0.337 e. The number of pyridine rings is 1. The zero-order chi connectivity index (χ0) is 18.4. The summed E-state index contributed by atoms with van der Waals surface area (Å²) in [4.78, 5) is 28.7. The molecule has 4 rings (SSSR count). The number of rotatable bonds is 2. The molecule has 1 amide bonds. The number of carbonyl (C=O) groups excluding carboxylic acids is 1. The monoisotopic (exact) mass is 368 g/mol. The third-order valence-electron chi connectivity index (χ3n) is 5.33. The number of hydrogen-bond donors (Lipinski definition) is 0. The summed E-state index contributed by atoms with van der Waals surface area (Å²) >= 11 is 1.46. The molecule has 1 fully saturated rings. The highest BCUT2D eigenvalue weighted by Crippen LogP contribution is 2.32. The third-order valence-corrected chi connectivity index (χ3v) is 6.49. The van der Waals surface area contributed by atoms with E-state index in [1.807, 2.05) is 42.2 Å². The van der Waals surface area contributed by atoms with Crippen LogP contribution in [0.5, 0.6) is 0 Å². The maximum Gasteiger partial charge on any atom is 0.263 e. The number of nitrogens with zero attached hydrogens (tertiary/aromatic N) is 2. The Morgan fingerprint density at radius 2 is 1.85 bits per heavy atom. The number of benzene rings is 1. The lowest BCUT2D eigenvalue weighted by Crippen LogP contribution is -2.42. The lowest BCUT2D eigenvalue weighted by Gasteiger charge is -2.34. The Morgan fingerprint density at radius 1 is 1.15 bits per heavy atom. The molecular formula is C21H24N2O2S. The predicted octanol–water partition coefficient (Wildman–Crippen LogP) is 4.35. The van der Waals surface area contributed by atoms with E-state index < -0.39 is 0 Å². The van der Waals surface area contributed by atoms with E-state index in [2.05, 4.69) is 13.8 Å². The Hall–Kier alpha value is -2.14. The number of hydrogen-bond acceptors (Lipinski definition) is 3. The van der Waals surface area contributed by atoms with Gasteiger partial charge in [0.25, 0.3) is 11.5 Å². The summed E-state index contributed by atoms with van der Waals surface area (Å²) < 4.78 is 2.72. The highest BCUT2D eigenvalue weighted by atomic mass is 32.1. The average Bonchev–Trinajstić information content (AvgIpc) is 3.07. The van der Waals surface area contributed by atoms with Crippen LogP contribution in [0.25, 0.3) is 21.0 Å². The number of aryl methyl sites for hydroxylation is 1. The molecule has 0 unspecified atom stereocenters. The fraction of sp³-hybridized carbons (Fsp3) is 0.429. The molecule has 4 nitrogen and oxygen atoms in total. The van der Waals surface area contributed by atoms with Crippen molar-refractivity contribution in [3.05, 3.63) is 45.6 Å². The number of piperidine rings is 1. The number of thiophene rings is 1. The van der Waals surface area contributed by atoms with Gasteiger partial charge in [-0.1, -0.05) is 32.0 Å². The highest BCUT2D eigenvalue weighted by Gasteiger charge is 2.27. The van der Waals surface area contributed by atoms with E-state index in [4.69, 9.17) is 0 Å². The molecule has 0 spiro atoms. The van der Waals surface area contributed by atoms with E-state index in [0.29, 0.717) is 28.6 Å². The normalized spacial score (nSPS) is 20.8. The second-order valence-corrected chi connectivity index (χ2v) is 8.63. The molecule has 0 bridgehead atoms. The van der Waals surface area contributed by atoms with Crippen LogP contribution in [0.4, 0.5) is 0 Å². The molecule has 136 valence electrons. The Labute approximate surface area is 157 Å². The molecule has 1 aromatic carbocycles. The minimum atomic E-state index is -0.00289. The molecule has 3 aromatic rings. The van der Waals surface area contributed by atoms with Gasteiger partial charge in [0.2, 0.25) is 0 Å². The smallest absolute Gasteiger partial charge is 0.263 e. The van der Waals surface area contributed by atoms with E-state index in [9.17, 15) is 9.59 Å². The molecule has 0 saturated carbocycles. The molecule has 0 N–H and O–H groups in total. The predicted molar refractivity (Wildman–Crippen MR) is 108 cm³/mol. The van der Waals surface area contributed by atoms with E-state index in [-0.39, 0.29) is 11.5 Å². The van der Waals surface area contributed by atoms with Crippen molar-refractivity contribution in [1.82, 2.24) is 9.47 Å². The van der Waals surface area contributed by atoms with Gasteiger partial charge in [-0.3, -0.25) is 9.59 Å². The van der Waals surface area contributed by atoms with Crippen LogP contribution in [0.2, 0.25) is 0 Å². The topological polar surface area (TPSA) is 42.3 Å². The van der Waals surface area contributed by atoms with E-state index >= 15 is 0 Å². The molecule has 26 heavy (non-hydrogen) atoms. The maximum atomic E-state index is 13.1. The summed E-state index contributed by atoms with van der Waals surface area (Å²) in [6.45, 7) is 8.61. The quantitative estimate of drug-likeness (QED) is 0.675. The van der Waals surface area contributed by atoms with Gasteiger partial charge in [0.15, 0.2) is 0 Å². The van der Waals surface area contributed by atoms with Crippen molar-refractivity contribution in [3.8, 4) is 0 Å². The second kappa shape index (κ2) is 6.54. The van der Waals surface area contributed by atoms with Crippen molar-refractivity contribution in [2.75, 3.05) is 13.1 Å². The van der Waals surface area contributed by atoms with Crippen LogP contribution in [0, 0.1) is 11.8 Å². The van der Waals surface area contributed by atoms with Crippen LogP contribution in [-0.2, 0) is 6.54 Å². The average molecular weight is 369 g/mol. The summed E-state index contributed by atoms with van der Waals surface area (Å²) in [5, 5.41) is 1.71. The molecule has 1 aliphatic rings. The van der Waals surface area contributed by atoms with E-state index in [1.54, 1.807) is 4.57 Å². The molecule has 2 atom stereocenters. The van der Waals surface area contributed by atoms with Crippen LogP contribution in [0.3, 0.4) is 0 Å². The first-order valence-electron chi connectivity index (χ1n) is 9.34. The Kier molecular flexibility index (Phi) is 4.35. The van der Waals surface area contributed by atoms with Gasteiger partial charge in [-0.2, -0.15) is 0 Å². The van der Waals surface area contributed by atoms with Gasteiger partial charge in [-0.05, 0) is 37.3 Å². The summed E-state index contributed by atoms with van der Waals surface area (Å²) in [6.07, 6.45) is 1.17. The van der Waals surface area contributed by atoms with Crippen LogP contribution in [0.1, 0.15) is 36.9 Å². The largest absolute Gasteiger partial charge is 0.337 e. The van der Waals surface area contributed by atoms with Gasteiger partial charge < -0.3 is 9.47 Å². The van der Waals surface area contributed by atoms with Crippen molar-refractivity contribution in [2.24, 2.45) is 11.8 Å². The van der Waals surface area contributed by atoms with E-state index in [0.717, 1.165) is 28.7 Å². The summed E-state index contributed by atoms with van der Waals surface area (Å²) in [5.74, 6) is 1.11. The maximum absolute atomic E-state index is 13.1. The van der Waals surface area contributed by atoms with E-state index in [1.165, 1.54) is 17.8 Å². The molecule has 1 saturated heterocycles. The fourth-order valence-corrected chi connectivity index (χ4v) is 5.46. The first-order chi connectivity index (χ1) is 12.5. The number of amides is 1. The summed E-state index contributed by atoms with van der Waals surface area (Å²) in [6, 6.07) is 9.78. The Bertz CT molecular complexity index is 1040. The highest BCUT2D eigenvalue weighted by molar-refractivity contribution is 7.21. The molecule has 0 aliphatic carbocycles. The van der Waals surface area contributed by atoms with Crippen LogP contribution in [0.15, 0.2) is 35.1 Å². The standard InChI is InChI=1S/C21H24N2O2S/c1-4-23-17-8-6-5-7-15(17)19-16(20(23)24)10-18(26-19)21(25)22-11-13(2)9-14(3)12-22/h5-8,10,13-14H,4,9,11-12H2,1-3H3/t13-,14+. The summed E-state index contributed by atoms with van der Waals surface area (Å²) in [5.41, 5.74) is 0.936. The van der Waals surface area contributed by atoms with Crippen LogP contribution < -0.4 is 5.56 Å². The van der Waals surface area contributed by atoms with Gasteiger partial charge >= 0.3 is 0 Å². The summed E-state index contributed by atoms with van der Waals surface area (Å²) in [7, 11) is 0. The molecular weight excluding hydrogens is 344 g/mol. The lowest BCUT2D eigenvalue weighted by atomic mass is 9.92. The van der Waals surface area contributed by atoms with Gasteiger partial charge in [0, 0.05) is 29.7 Å². The number of fused-ring (bicyclic) bond motifs is 3. The number of para-hydroxylation sites is 1. The first-order valence-corrected chi connectivity index (χ1v) is 10.2. The SMILES string of the molecule is CCn1c(=O)c2cc(C(=O)N3C[C@H](C)C[C@H](C)C3)sc2c2ccccc21.